The lowest BCUT2D eigenvalue weighted by molar-refractivity contribution is -0.0476. The summed E-state index contributed by atoms with van der Waals surface area (Å²) in [5, 5.41) is 0. The molecule has 0 spiro atoms. The molecule has 0 amide bonds. The topological polar surface area (TPSA) is 80.3 Å². The summed E-state index contributed by atoms with van der Waals surface area (Å²) < 4.78 is 108. The summed E-state index contributed by atoms with van der Waals surface area (Å²) in [5.41, 5.74) is -12.3. The van der Waals surface area contributed by atoms with Crippen molar-refractivity contribution < 1.29 is 43.2 Å². The Hall–Kier alpha value is -0.560. The molecule has 0 aliphatic heterocycles. The van der Waals surface area contributed by atoms with Gasteiger partial charge in [0.2, 0.25) is 0 Å². The monoisotopic (exact) mass is 339 g/mol. The first kappa shape index (κ1) is 20.8. The van der Waals surface area contributed by atoms with Crippen LogP contribution in [0.25, 0.3) is 0 Å². The first-order valence-corrected chi connectivity index (χ1v) is 7.50. The Morgan fingerprint density at radius 1 is 0.737 bits per heavy atom. The third-order valence-corrected chi connectivity index (χ3v) is 4.30. The van der Waals surface area contributed by atoms with Crippen LogP contribution in [0.3, 0.4) is 0 Å². The van der Waals surface area contributed by atoms with Gasteiger partial charge in [0.1, 0.15) is 0 Å². The van der Waals surface area contributed by atoms with Crippen LogP contribution in [0.4, 0.5) is 26.3 Å². The number of nitrogens with one attached hydrogen (secondary N) is 1. The lowest BCUT2D eigenvalue weighted by Crippen LogP contribution is -2.45. The molecule has 1 N–H and O–H groups in total. The van der Waals surface area contributed by atoms with E-state index < -0.39 is 35.2 Å². The molecule has 0 aromatic rings. The van der Waals surface area contributed by atoms with Gasteiger partial charge in [-0.15, -0.1) is 0 Å². The molecular formula is C6H11F6NO4S2. The van der Waals surface area contributed by atoms with E-state index in [1.807, 2.05) is 0 Å². The van der Waals surface area contributed by atoms with E-state index in [0.29, 0.717) is 0 Å². The molecule has 0 radical (unpaired) electrons. The molecule has 0 saturated heterocycles. The predicted molar refractivity (Wildman–Crippen MR) is 53.7 cm³/mol. The number of sulfonamides is 2. The first-order chi connectivity index (χ1) is 8.12. The average Bonchev–Trinajstić information content (AvgIpc) is 2.13. The van der Waals surface area contributed by atoms with Gasteiger partial charge in [-0.2, -0.15) is 26.3 Å². The van der Waals surface area contributed by atoms with Gasteiger partial charge in [-0.05, 0) is 0 Å². The molecular weight excluding hydrogens is 328 g/mol. The molecule has 0 aliphatic carbocycles. The minimum Gasteiger partial charge on any atom is -0.202 e. The highest BCUT2D eigenvalue weighted by Gasteiger charge is 2.55. The van der Waals surface area contributed by atoms with Crippen molar-refractivity contribution in [3.8, 4) is 0 Å². The predicted octanol–water partition coefficient (Wildman–Crippen LogP) is 2.08. The van der Waals surface area contributed by atoms with E-state index in [2.05, 4.69) is 13.8 Å². The van der Waals surface area contributed by atoms with Gasteiger partial charge >= 0.3 is 31.1 Å². The van der Waals surface area contributed by atoms with E-state index in [9.17, 15) is 43.2 Å². The Balaban J connectivity index is 0. The Bertz CT molecular complexity index is 419. The third kappa shape index (κ3) is 6.96. The summed E-state index contributed by atoms with van der Waals surface area (Å²) in [5.74, 6) is 0. The van der Waals surface area contributed by atoms with Gasteiger partial charge < -0.3 is 0 Å². The maximum atomic E-state index is 11.5. The second-order valence-electron chi connectivity index (χ2n) is 2.98. The number of rotatable bonds is 3. The summed E-state index contributed by atoms with van der Waals surface area (Å²) in [6.07, 6.45) is 2.64. The van der Waals surface area contributed by atoms with Crippen molar-refractivity contribution in [3.05, 3.63) is 0 Å². The number of unbranched alkanes of at least 4 members (excludes halogenated alkanes) is 1. The summed E-state index contributed by atoms with van der Waals surface area (Å²) in [6, 6.07) is 0. The molecule has 5 nitrogen and oxygen atoms in total. The highest BCUT2D eigenvalue weighted by molar-refractivity contribution is 8.05. The van der Waals surface area contributed by atoms with Crippen molar-refractivity contribution in [2.75, 3.05) is 0 Å². The highest BCUT2D eigenvalue weighted by Crippen LogP contribution is 2.27. The quantitative estimate of drug-likeness (QED) is 0.799. The minimum atomic E-state index is -6.60. The molecule has 13 heteroatoms. The lowest BCUT2D eigenvalue weighted by atomic mass is 10.4. The standard InChI is InChI=1S/C4H10.C2HF6NO4S2/c1-3-4-2;3-1(4,5)14(10,11)9-15(12,13)2(6,7)8/h3-4H2,1-2H3;9H. The van der Waals surface area contributed by atoms with Crippen LogP contribution in [0.2, 0.25) is 0 Å². The molecule has 0 heterocycles. The second-order valence-corrected chi connectivity index (χ2v) is 6.59. The van der Waals surface area contributed by atoms with Crippen molar-refractivity contribution in [2.24, 2.45) is 0 Å². The van der Waals surface area contributed by atoms with Gasteiger partial charge in [-0.3, -0.25) is 0 Å². The molecule has 0 atom stereocenters. The minimum absolute atomic E-state index is 0.493. The molecule has 0 aromatic heterocycles. The average molecular weight is 339 g/mol. The Labute approximate surface area is 106 Å². The third-order valence-electron chi connectivity index (χ3n) is 1.33. The van der Waals surface area contributed by atoms with E-state index in [0.717, 1.165) is 0 Å². The van der Waals surface area contributed by atoms with E-state index >= 15 is 0 Å². The van der Waals surface area contributed by atoms with E-state index in [4.69, 9.17) is 0 Å². The normalized spacial score (nSPS) is 13.7. The fourth-order valence-electron chi connectivity index (χ4n) is 0.239. The molecule has 0 bridgehead atoms. The molecule has 118 valence electrons. The van der Waals surface area contributed by atoms with Crippen molar-refractivity contribution in [1.29, 1.82) is 0 Å². The molecule has 0 rings (SSSR count). The van der Waals surface area contributed by atoms with Crippen molar-refractivity contribution in [1.82, 2.24) is 4.13 Å². The van der Waals surface area contributed by atoms with Crippen LogP contribution in [0, 0.1) is 0 Å². The van der Waals surface area contributed by atoms with Crippen LogP contribution >= 0.6 is 0 Å². The lowest BCUT2D eigenvalue weighted by Gasteiger charge is -2.11. The van der Waals surface area contributed by atoms with Crippen LogP contribution in [0.15, 0.2) is 0 Å². The molecule has 0 saturated carbocycles. The number of hydrogen-bond acceptors (Lipinski definition) is 4. The van der Waals surface area contributed by atoms with Crippen LogP contribution in [0.1, 0.15) is 26.7 Å². The highest BCUT2D eigenvalue weighted by atomic mass is 32.3. The second kappa shape index (κ2) is 6.74. The van der Waals surface area contributed by atoms with Crippen LogP contribution < -0.4 is 4.13 Å². The summed E-state index contributed by atoms with van der Waals surface area (Å²) in [7, 11) is -13.2. The van der Waals surface area contributed by atoms with Crippen molar-refractivity contribution in [2.45, 2.75) is 37.7 Å². The molecule has 0 aromatic carbocycles. The maximum Gasteiger partial charge on any atom is 0.512 e. The van der Waals surface area contributed by atoms with E-state index in [1.165, 1.54) is 12.8 Å². The van der Waals surface area contributed by atoms with Crippen molar-refractivity contribution in [3.63, 3.8) is 0 Å². The van der Waals surface area contributed by atoms with Gasteiger partial charge in [0.05, 0.1) is 0 Å². The molecule has 0 unspecified atom stereocenters. The molecule has 0 fully saturated rings. The Kier molecular flexibility index (Phi) is 7.36. The van der Waals surface area contributed by atoms with Crippen molar-refractivity contribution >= 4 is 20.0 Å². The maximum absolute atomic E-state index is 11.5. The van der Waals surface area contributed by atoms with E-state index in [1.54, 1.807) is 0 Å². The summed E-state index contributed by atoms with van der Waals surface area (Å²) in [4.78, 5) is 0. The van der Waals surface area contributed by atoms with Crippen LogP contribution in [-0.4, -0.2) is 27.9 Å². The van der Waals surface area contributed by atoms with E-state index in [-0.39, 0.29) is 0 Å². The van der Waals surface area contributed by atoms with Gasteiger partial charge in [0.15, 0.2) is 0 Å². The van der Waals surface area contributed by atoms with Gasteiger partial charge in [-0.25, -0.2) is 16.8 Å². The van der Waals surface area contributed by atoms with Gasteiger partial charge in [-0.1, -0.05) is 30.8 Å². The molecule has 0 aliphatic rings. The Morgan fingerprint density at radius 3 is 1.05 bits per heavy atom. The molecule has 19 heavy (non-hydrogen) atoms. The first-order valence-electron chi connectivity index (χ1n) is 4.53. The van der Waals surface area contributed by atoms with Gasteiger partial charge in [0.25, 0.3) is 0 Å². The number of hydrogen-bond donors (Lipinski definition) is 1. The fraction of sp³-hybridized carbons (Fsp3) is 1.00. The zero-order valence-corrected chi connectivity index (χ0v) is 11.3. The summed E-state index contributed by atoms with van der Waals surface area (Å²) in [6.45, 7) is 4.36. The number of halogens is 6. The zero-order chi connectivity index (χ0) is 16.1. The van der Waals surface area contributed by atoms with Crippen LogP contribution in [0.5, 0.6) is 0 Å². The Morgan fingerprint density at radius 2 is 0.947 bits per heavy atom. The van der Waals surface area contributed by atoms with Crippen LogP contribution in [-0.2, 0) is 20.0 Å². The largest absolute Gasteiger partial charge is 0.512 e. The summed E-state index contributed by atoms with van der Waals surface area (Å²) >= 11 is 0. The van der Waals surface area contributed by atoms with Gasteiger partial charge in [0, 0.05) is 0 Å². The SMILES string of the molecule is CCCC.O=S(=O)(NS(=O)(=O)C(F)(F)F)C(F)(F)F. The fourth-order valence-corrected chi connectivity index (χ4v) is 2.15. The zero-order valence-electron chi connectivity index (χ0n) is 9.63. The number of alkyl halides is 6. The smallest absolute Gasteiger partial charge is 0.202 e.